The van der Waals surface area contributed by atoms with Crippen LogP contribution in [0.25, 0.3) is 0 Å². The monoisotopic (exact) mass is 267 g/mol. The summed E-state index contributed by atoms with van der Waals surface area (Å²) < 4.78 is 9.60. The zero-order valence-corrected chi connectivity index (χ0v) is 9.18. The minimum absolute atomic E-state index is 0.0579. The zero-order chi connectivity index (χ0) is 9.84. The van der Waals surface area contributed by atoms with Crippen LogP contribution in [0.1, 0.15) is 23.2 Å². The molecule has 0 N–H and O–H groups in total. The fraction of sp³-hybridized carbons (Fsp3) is 0.429. The molecule has 0 aromatic carbocycles. The molecule has 6 heteroatoms. The van der Waals surface area contributed by atoms with Crippen LogP contribution in [0.4, 0.5) is 0 Å². The second-order valence-corrected chi connectivity index (χ2v) is 2.98. The van der Waals surface area contributed by atoms with E-state index in [0.717, 1.165) is 0 Å². The van der Waals surface area contributed by atoms with Gasteiger partial charge in [0.1, 0.15) is 5.69 Å². The Balaban J connectivity index is 2.91. The summed E-state index contributed by atoms with van der Waals surface area (Å²) in [5.41, 5.74) is 0.448. The number of carbonyl (C=O) groups excluding carboxylic acids is 1. The molecule has 1 aromatic rings. The molecule has 1 aromatic heterocycles. The Morgan fingerprint density at radius 1 is 1.77 bits per heavy atom. The summed E-state index contributed by atoms with van der Waals surface area (Å²) >= 11 is 8.63. The molecule has 72 valence electrons. The van der Waals surface area contributed by atoms with Crippen molar-refractivity contribution in [3.63, 3.8) is 0 Å². The maximum Gasteiger partial charge on any atom is 0.376 e. The third-order valence-corrected chi connectivity index (χ3v) is 1.95. The number of rotatable bonds is 3. The van der Waals surface area contributed by atoms with E-state index >= 15 is 0 Å². The van der Waals surface area contributed by atoms with Gasteiger partial charge in [-0.05, 0) is 18.5 Å². The highest BCUT2D eigenvalue weighted by Crippen LogP contribution is 2.18. The number of halogens is 2. The minimum Gasteiger partial charge on any atom is -0.460 e. The maximum absolute atomic E-state index is 11.2. The fourth-order valence-electron chi connectivity index (χ4n) is 0.770. The molecule has 1 rings (SSSR count). The molecule has 0 saturated carbocycles. The van der Waals surface area contributed by atoms with E-state index in [4.69, 9.17) is 20.8 Å². The predicted molar refractivity (Wildman–Crippen MR) is 50.1 cm³/mol. The molecule has 13 heavy (non-hydrogen) atoms. The summed E-state index contributed by atoms with van der Waals surface area (Å²) in [4.78, 5) is 15.0. The summed E-state index contributed by atoms with van der Waals surface area (Å²) in [5.74, 6) is -0.486. The largest absolute Gasteiger partial charge is 0.460 e. The molecule has 0 amide bonds. The number of carbonyl (C=O) groups is 1. The quantitative estimate of drug-likeness (QED) is 0.624. The van der Waals surface area contributed by atoms with Crippen LogP contribution in [0.5, 0.6) is 0 Å². The van der Waals surface area contributed by atoms with Crippen LogP contribution in [-0.4, -0.2) is 17.6 Å². The van der Waals surface area contributed by atoms with Gasteiger partial charge < -0.3 is 9.15 Å². The first-order valence-corrected chi connectivity index (χ1v) is 5.07. The summed E-state index contributed by atoms with van der Waals surface area (Å²) in [6.45, 7) is 2.00. The van der Waals surface area contributed by atoms with Crippen LogP contribution in [-0.2, 0) is 10.1 Å². The van der Waals surface area contributed by atoms with Gasteiger partial charge in [0.25, 0.3) is 5.35 Å². The summed E-state index contributed by atoms with van der Waals surface area (Å²) in [6.07, 6.45) is 0. The third-order valence-electron chi connectivity index (χ3n) is 1.26. The lowest BCUT2D eigenvalue weighted by molar-refractivity contribution is 0.0489. The molecule has 0 bridgehead atoms. The highest BCUT2D eigenvalue weighted by molar-refractivity contribution is 9.08. The van der Waals surface area contributed by atoms with E-state index in [0.29, 0.717) is 17.6 Å². The first kappa shape index (κ1) is 10.5. The Morgan fingerprint density at radius 3 is 3.00 bits per heavy atom. The van der Waals surface area contributed by atoms with Gasteiger partial charge in [0.15, 0.2) is 0 Å². The number of hydrogen-bond acceptors (Lipinski definition) is 4. The number of aromatic nitrogens is 1. The molecule has 0 aliphatic heterocycles. The fourth-order valence-corrected chi connectivity index (χ4v) is 1.33. The molecular weight excluding hydrogens is 261 g/mol. The normalized spacial score (nSPS) is 10.1. The van der Waals surface area contributed by atoms with Crippen molar-refractivity contribution in [2.24, 2.45) is 0 Å². The van der Waals surface area contributed by atoms with E-state index in [1.807, 2.05) is 0 Å². The summed E-state index contributed by atoms with van der Waals surface area (Å²) in [6, 6.07) is 0. The van der Waals surface area contributed by atoms with Gasteiger partial charge in [-0.15, -0.1) is 0 Å². The number of esters is 1. The number of oxazole rings is 1. The lowest BCUT2D eigenvalue weighted by atomic mass is 10.4. The molecule has 0 spiro atoms. The second-order valence-electron chi connectivity index (χ2n) is 2.10. The van der Waals surface area contributed by atoms with E-state index < -0.39 is 5.97 Å². The summed E-state index contributed by atoms with van der Waals surface area (Å²) in [5, 5.41) is 0.342. The van der Waals surface area contributed by atoms with E-state index in [9.17, 15) is 4.79 Å². The number of ether oxygens (including phenoxy) is 1. The smallest absolute Gasteiger partial charge is 0.376 e. The Morgan fingerprint density at radius 2 is 2.46 bits per heavy atom. The molecule has 0 saturated heterocycles. The van der Waals surface area contributed by atoms with Crippen LogP contribution in [0, 0.1) is 0 Å². The van der Waals surface area contributed by atoms with Gasteiger partial charge in [-0.1, -0.05) is 15.9 Å². The van der Waals surface area contributed by atoms with Crippen LogP contribution in [0.2, 0.25) is 5.35 Å². The summed E-state index contributed by atoms with van der Waals surface area (Å²) in [7, 11) is 0. The van der Waals surface area contributed by atoms with Crippen molar-refractivity contribution in [2.75, 3.05) is 6.61 Å². The zero-order valence-electron chi connectivity index (χ0n) is 6.84. The SMILES string of the molecule is CCOC(=O)c1oc(Cl)nc1CBr. The molecule has 0 atom stereocenters. The molecule has 0 aliphatic rings. The van der Waals surface area contributed by atoms with Gasteiger partial charge in [0, 0.05) is 5.33 Å². The molecule has 0 radical (unpaired) electrons. The first-order valence-electron chi connectivity index (χ1n) is 3.57. The highest BCUT2D eigenvalue weighted by atomic mass is 79.9. The van der Waals surface area contributed by atoms with E-state index in [1.165, 1.54) is 0 Å². The van der Waals surface area contributed by atoms with Crippen LogP contribution in [0.15, 0.2) is 4.42 Å². The lowest BCUT2D eigenvalue weighted by Gasteiger charge is -1.97. The van der Waals surface area contributed by atoms with Crippen molar-refractivity contribution in [3.05, 3.63) is 16.8 Å². The van der Waals surface area contributed by atoms with E-state index in [-0.39, 0.29) is 11.1 Å². The van der Waals surface area contributed by atoms with Crippen molar-refractivity contribution in [3.8, 4) is 0 Å². The Kier molecular flexibility index (Phi) is 3.74. The number of alkyl halides is 1. The lowest BCUT2D eigenvalue weighted by Crippen LogP contribution is -2.05. The molecule has 0 unspecified atom stereocenters. The second kappa shape index (κ2) is 4.62. The number of nitrogens with zero attached hydrogens (tertiary/aromatic N) is 1. The van der Waals surface area contributed by atoms with Gasteiger partial charge in [-0.3, -0.25) is 0 Å². The van der Waals surface area contributed by atoms with Crippen molar-refractivity contribution in [1.82, 2.24) is 4.98 Å². The third kappa shape index (κ3) is 2.45. The van der Waals surface area contributed by atoms with Crippen molar-refractivity contribution in [1.29, 1.82) is 0 Å². The Bertz CT molecular complexity index is 313. The van der Waals surface area contributed by atoms with E-state index in [2.05, 4.69) is 20.9 Å². The van der Waals surface area contributed by atoms with Crippen molar-refractivity contribution < 1.29 is 13.9 Å². The predicted octanol–water partition coefficient (Wildman–Crippen LogP) is 2.40. The van der Waals surface area contributed by atoms with E-state index in [1.54, 1.807) is 6.92 Å². The minimum atomic E-state index is -0.545. The molecule has 0 fully saturated rings. The van der Waals surface area contributed by atoms with Crippen LogP contribution < -0.4 is 0 Å². The Hall–Kier alpha value is -0.550. The maximum atomic E-state index is 11.2. The Labute approximate surface area is 88.4 Å². The molecule has 0 aliphatic carbocycles. The van der Waals surface area contributed by atoms with Crippen LogP contribution >= 0.6 is 27.5 Å². The average Bonchev–Trinajstić information content (AvgIpc) is 2.47. The van der Waals surface area contributed by atoms with Crippen molar-refractivity contribution in [2.45, 2.75) is 12.3 Å². The molecule has 1 heterocycles. The highest BCUT2D eigenvalue weighted by Gasteiger charge is 2.19. The molecular formula is C7H7BrClNO3. The molecule has 4 nitrogen and oxygen atoms in total. The average molecular weight is 268 g/mol. The standard InChI is InChI=1S/C7H7BrClNO3/c1-2-12-6(11)5-4(3-8)10-7(9)13-5/h2-3H2,1H3. The van der Waals surface area contributed by atoms with Gasteiger partial charge in [0.2, 0.25) is 5.76 Å². The van der Waals surface area contributed by atoms with Crippen molar-refractivity contribution >= 4 is 33.5 Å². The van der Waals surface area contributed by atoms with Gasteiger partial charge >= 0.3 is 5.97 Å². The first-order chi connectivity index (χ1) is 6.19. The topological polar surface area (TPSA) is 52.3 Å². The van der Waals surface area contributed by atoms with Gasteiger partial charge in [0.05, 0.1) is 6.61 Å². The van der Waals surface area contributed by atoms with Crippen LogP contribution in [0.3, 0.4) is 0 Å². The number of hydrogen-bond donors (Lipinski definition) is 0. The van der Waals surface area contributed by atoms with Gasteiger partial charge in [-0.25, -0.2) is 9.78 Å². The van der Waals surface area contributed by atoms with Gasteiger partial charge in [-0.2, -0.15) is 0 Å².